The van der Waals surface area contributed by atoms with Crippen LogP contribution in [-0.4, -0.2) is 55.0 Å². The van der Waals surface area contributed by atoms with Crippen molar-refractivity contribution in [3.05, 3.63) is 35.4 Å². The fourth-order valence-electron chi connectivity index (χ4n) is 1.60. The number of amides is 1. The Morgan fingerprint density at radius 1 is 1.32 bits per heavy atom. The number of nitrogens with zero attached hydrogens (tertiary/aromatic N) is 2. The molecule has 0 saturated carbocycles. The number of aliphatic hydroxyl groups excluding tert-OH is 1. The highest BCUT2D eigenvalue weighted by Gasteiger charge is 2.17. The van der Waals surface area contributed by atoms with Gasteiger partial charge < -0.3 is 10.0 Å². The lowest BCUT2D eigenvalue weighted by molar-refractivity contribution is -0.129. The Bertz CT molecular complexity index is 452. The average Bonchev–Trinajstić information content (AvgIpc) is 2.27. The smallest absolute Gasteiger partial charge is 0.236 e. The van der Waals surface area contributed by atoms with Crippen LogP contribution in [0.2, 0.25) is 0 Å². The van der Waals surface area contributed by atoms with Gasteiger partial charge in [-0.2, -0.15) is 0 Å². The highest BCUT2D eigenvalue weighted by Crippen LogP contribution is 2.18. The molecule has 0 fully saturated rings. The zero-order valence-electron chi connectivity index (χ0n) is 11.2. The van der Waals surface area contributed by atoms with Crippen LogP contribution in [0.3, 0.4) is 0 Å². The predicted molar refractivity (Wildman–Crippen MR) is 67.5 cm³/mol. The van der Waals surface area contributed by atoms with Gasteiger partial charge in [-0.1, -0.05) is 6.07 Å². The summed E-state index contributed by atoms with van der Waals surface area (Å²) >= 11 is 0. The topological polar surface area (TPSA) is 43.8 Å². The van der Waals surface area contributed by atoms with Crippen LogP contribution >= 0.6 is 0 Å². The number of likely N-dealkylation sites (N-methyl/N-ethyl adjacent to an activating group) is 2. The number of benzene rings is 1. The number of carbonyl (C=O) groups excluding carboxylic acids is 1. The predicted octanol–water partition coefficient (Wildman–Crippen LogP) is 1.02. The van der Waals surface area contributed by atoms with E-state index in [-0.39, 0.29) is 24.6 Å². The molecule has 1 amide bonds. The van der Waals surface area contributed by atoms with E-state index >= 15 is 0 Å². The number of aliphatic hydroxyl groups is 1. The van der Waals surface area contributed by atoms with Crippen LogP contribution in [0.4, 0.5) is 8.78 Å². The standard InChI is InChI=1S/C13H18F2N2O2/c1-16(2)13(19)8-17(3)7-12(18)10-5-4-9(14)6-11(10)15/h4-6,12,18H,7-8H2,1-3H3. The van der Waals surface area contributed by atoms with E-state index in [1.807, 2.05) is 0 Å². The van der Waals surface area contributed by atoms with Gasteiger partial charge in [-0.15, -0.1) is 0 Å². The minimum absolute atomic E-state index is 0.0190. The third-order valence-corrected chi connectivity index (χ3v) is 2.71. The maximum absolute atomic E-state index is 13.4. The van der Waals surface area contributed by atoms with E-state index in [1.54, 1.807) is 26.0 Å². The van der Waals surface area contributed by atoms with Crippen molar-refractivity contribution in [1.82, 2.24) is 9.80 Å². The highest BCUT2D eigenvalue weighted by molar-refractivity contribution is 5.77. The van der Waals surface area contributed by atoms with Crippen molar-refractivity contribution in [1.29, 1.82) is 0 Å². The van der Waals surface area contributed by atoms with E-state index in [1.165, 1.54) is 11.0 Å². The molecule has 0 saturated heterocycles. The molecule has 1 unspecified atom stereocenters. The lowest BCUT2D eigenvalue weighted by Crippen LogP contribution is -2.36. The molecule has 1 atom stereocenters. The summed E-state index contributed by atoms with van der Waals surface area (Å²) in [5, 5.41) is 9.89. The number of rotatable bonds is 5. The third kappa shape index (κ3) is 4.57. The zero-order chi connectivity index (χ0) is 14.6. The normalized spacial score (nSPS) is 12.6. The average molecular weight is 272 g/mol. The molecule has 1 aromatic carbocycles. The summed E-state index contributed by atoms with van der Waals surface area (Å²) < 4.78 is 26.2. The molecule has 106 valence electrons. The summed E-state index contributed by atoms with van der Waals surface area (Å²) in [6.07, 6.45) is -1.11. The molecule has 0 aromatic heterocycles. The Morgan fingerprint density at radius 2 is 1.95 bits per heavy atom. The summed E-state index contributed by atoms with van der Waals surface area (Å²) in [5.74, 6) is -1.60. The van der Waals surface area contributed by atoms with E-state index in [0.29, 0.717) is 0 Å². The van der Waals surface area contributed by atoms with Crippen molar-refractivity contribution in [2.45, 2.75) is 6.10 Å². The minimum atomic E-state index is -1.11. The number of carbonyl (C=O) groups is 1. The summed E-state index contributed by atoms with van der Waals surface area (Å²) in [5.41, 5.74) is 0.0190. The fraction of sp³-hybridized carbons (Fsp3) is 0.462. The van der Waals surface area contributed by atoms with Crippen LogP contribution in [0.25, 0.3) is 0 Å². The molecule has 0 bridgehead atoms. The van der Waals surface area contributed by atoms with Gasteiger partial charge in [-0.3, -0.25) is 9.69 Å². The summed E-state index contributed by atoms with van der Waals surface area (Å²) in [7, 11) is 4.91. The molecule has 6 heteroatoms. The molecule has 4 nitrogen and oxygen atoms in total. The van der Waals surface area contributed by atoms with Gasteiger partial charge in [-0.05, 0) is 13.1 Å². The number of halogens is 2. The van der Waals surface area contributed by atoms with Gasteiger partial charge in [0.25, 0.3) is 0 Å². The van der Waals surface area contributed by atoms with E-state index in [2.05, 4.69) is 0 Å². The van der Waals surface area contributed by atoms with E-state index < -0.39 is 17.7 Å². The Balaban J connectivity index is 2.63. The van der Waals surface area contributed by atoms with E-state index in [0.717, 1.165) is 12.1 Å². The first-order valence-corrected chi connectivity index (χ1v) is 5.83. The van der Waals surface area contributed by atoms with Crippen molar-refractivity contribution >= 4 is 5.91 Å². The summed E-state index contributed by atoms with van der Waals surface area (Å²) in [6.45, 7) is 0.203. The Labute approximate surface area is 111 Å². The molecule has 19 heavy (non-hydrogen) atoms. The maximum Gasteiger partial charge on any atom is 0.236 e. The minimum Gasteiger partial charge on any atom is -0.387 e. The van der Waals surface area contributed by atoms with Gasteiger partial charge in [0.15, 0.2) is 0 Å². The second-order valence-corrected chi connectivity index (χ2v) is 4.67. The van der Waals surface area contributed by atoms with Gasteiger partial charge in [0.05, 0.1) is 12.6 Å². The third-order valence-electron chi connectivity index (χ3n) is 2.71. The SMILES string of the molecule is CN(CC(=O)N(C)C)CC(O)c1ccc(F)cc1F. The van der Waals surface area contributed by atoms with Crippen LogP contribution in [0.15, 0.2) is 18.2 Å². The van der Waals surface area contributed by atoms with Crippen molar-refractivity contribution in [2.24, 2.45) is 0 Å². The maximum atomic E-state index is 13.4. The van der Waals surface area contributed by atoms with Crippen LogP contribution in [0, 0.1) is 11.6 Å². The van der Waals surface area contributed by atoms with Crippen molar-refractivity contribution in [3.63, 3.8) is 0 Å². The van der Waals surface area contributed by atoms with Crippen molar-refractivity contribution < 1.29 is 18.7 Å². The molecule has 0 aliphatic carbocycles. The largest absolute Gasteiger partial charge is 0.387 e. The first-order chi connectivity index (χ1) is 8.81. The highest BCUT2D eigenvalue weighted by atomic mass is 19.1. The van der Waals surface area contributed by atoms with Gasteiger partial charge in [0.2, 0.25) is 5.91 Å². The molecule has 0 spiro atoms. The lowest BCUT2D eigenvalue weighted by atomic mass is 10.1. The van der Waals surface area contributed by atoms with Crippen LogP contribution in [-0.2, 0) is 4.79 Å². The first kappa shape index (κ1) is 15.5. The Hall–Kier alpha value is -1.53. The van der Waals surface area contributed by atoms with Crippen molar-refractivity contribution in [2.75, 3.05) is 34.2 Å². The molecule has 1 N–H and O–H groups in total. The Kier molecular flexibility index (Phi) is 5.38. The quantitative estimate of drug-likeness (QED) is 0.870. The monoisotopic (exact) mass is 272 g/mol. The molecule has 0 radical (unpaired) electrons. The van der Waals surface area contributed by atoms with Gasteiger partial charge in [-0.25, -0.2) is 8.78 Å². The van der Waals surface area contributed by atoms with Gasteiger partial charge in [0.1, 0.15) is 11.6 Å². The molecule has 0 heterocycles. The summed E-state index contributed by atoms with van der Waals surface area (Å²) in [6, 6.07) is 3.02. The Morgan fingerprint density at radius 3 is 2.47 bits per heavy atom. The van der Waals surface area contributed by atoms with Crippen LogP contribution in [0.5, 0.6) is 0 Å². The number of hydrogen-bond acceptors (Lipinski definition) is 3. The van der Waals surface area contributed by atoms with Crippen molar-refractivity contribution in [3.8, 4) is 0 Å². The summed E-state index contributed by atoms with van der Waals surface area (Å²) in [4.78, 5) is 14.5. The molecular weight excluding hydrogens is 254 g/mol. The molecule has 0 aliphatic heterocycles. The van der Waals surface area contributed by atoms with Crippen LogP contribution < -0.4 is 0 Å². The van der Waals surface area contributed by atoms with Gasteiger partial charge >= 0.3 is 0 Å². The fourth-order valence-corrected chi connectivity index (χ4v) is 1.60. The van der Waals surface area contributed by atoms with E-state index in [9.17, 15) is 18.7 Å². The van der Waals surface area contributed by atoms with Gasteiger partial charge in [0, 0.05) is 32.3 Å². The second kappa shape index (κ2) is 6.58. The molecule has 0 aliphatic rings. The molecule has 1 aromatic rings. The zero-order valence-corrected chi connectivity index (χ0v) is 11.2. The first-order valence-electron chi connectivity index (χ1n) is 5.83. The molecular formula is C13H18F2N2O2. The van der Waals surface area contributed by atoms with Crippen LogP contribution in [0.1, 0.15) is 11.7 Å². The number of hydrogen-bond donors (Lipinski definition) is 1. The molecule has 1 rings (SSSR count). The van der Waals surface area contributed by atoms with E-state index in [4.69, 9.17) is 0 Å². The lowest BCUT2D eigenvalue weighted by Gasteiger charge is -2.22. The second-order valence-electron chi connectivity index (χ2n) is 4.67.